The Morgan fingerprint density at radius 3 is 2.45 bits per heavy atom. The lowest BCUT2D eigenvalue weighted by molar-refractivity contribution is -0.111. The number of benzene rings is 3. The number of methoxy groups -OCH3 is 2. The van der Waals surface area contributed by atoms with Crippen LogP contribution < -0.4 is 14.8 Å². The van der Waals surface area contributed by atoms with Crippen molar-refractivity contribution in [1.82, 2.24) is 0 Å². The summed E-state index contributed by atoms with van der Waals surface area (Å²) < 4.78 is 17.0. The Kier molecular flexibility index (Phi) is 6.22. The van der Waals surface area contributed by atoms with Gasteiger partial charge in [-0.3, -0.25) is 4.79 Å². The van der Waals surface area contributed by atoms with Crippen LogP contribution in [-0.4, -0.2) is 20.1 Å². The molecule has 0 fully saturated rings. The number of allylic oxidation sites excluding steroid dienone is 1. The normalized spacial score (nSPS) is 11.5. The van der Waals surface area contributed by atoms with E-state index in [1.54, 1.807) is 26.6 Å². The molecule has 0 aliphatic heterocycles. The van der Waals surface area contributed by atoms with Crippen molar-refractivity contribution in [2.75, 3.05) is 19.5 Å². The molecule has 0 bridgehead atoms. The third kappa shape index (κ3) is 4.48. The van der Waals surface area contributed by atoms with Crippen LogP contribution in [0, 0.1) is 13.8 Å². The zero-order valence-corrected chi connectivity index (χ0v) is 19.5. The first kappa shape index (κ1) is 22.2. The van der Waals surface area contributed by atoms with E-state index in [0.29, 0.717) is 5.75 Å². The van der Waals surface area contributed by atoms with E-state index < -0.39 is 0 Å². The van der Waals surface area contributed by atoms with Crippen LogP contribution in [0.25, 0.3) is 27.7 Å². The van der Waals surface area contributed by atoms with Crippen LogP contribution >= 0.6 is 0 Å². The maximum Gasteiger partial charge on any atom is 0.248 e. The second-order valence-corrected chi connectivity index (χ2v) is 8.02. The highest BCUT2D eigenvalue weighted by Gasteiger charge is 2.19. The zero-order valence-electron chi connectivity index (χ0n) is 19.5. The van der Waals surface area contributed by atoms with E-state index in [1.165, 1.54) is 0 Å². The SMILES string of the molecule is COc1cccc(-c2coc3c(C)c(OC)c(/C(C)=C/C(=O)Nc4ccc(C)cc4)cc23)c1. The van der Waals surface area contributed by atoms with Gasteiger partial charge in [0.2, 0.25) is 5.91 Å². The molecular weight excluding hydrogens is 414 g/mol. The molecule has 1 amide bonds. The smallest absolute Gasteiger partial charge is 0.248 e. The van der Waals surface area contributed by atoms with Gasteiger partial charge in [0.15, 0.2) is 0 Å². The van der Waals surface area contributed by atoms with E-state index in [4.69, 9.17) is 13.9 Å². The summed E-state index contributed by atoms with van der Waals surface area (Å²) in [6.07, 6.45) is 3.34. The van der Waals surface area contributed by atoms with E-state index in [2.05, 4.69) is 5.32 Å². The summed E-state index contributed by atoms with van der Waals surface area (Å²) in [6, 6.07) is 17.6. The fraction of sp³-hybridized carbons (Fsp3) is 0.179. The Morgan fingerprint density at radius 2 is 1.76 bits per heavy atom. The summed E-state index contributed by atoms with van der Waals surface area (Å²) in [4.78, 5) is 12.7. The van der Waals surface area contributed by atoms with Gasteiger partial charge in [-0.25, -0.2) is 0 Å². The molecule has 0 aliphatic carbocycles. The summed E-state index contributed by atoms with van der Waals surface area (Å²) >= 11 is 0. The lowest BCUT2D eigenvalue weighted by Crippen LogP contribution is -2.08. The summed E-state index contributed by atoms with van der Waals surface area (Å²) in [5.74, 6) is 1.26. The van der Waals surface area contributed by atoms with Crippen molar-refractivity contribution in [3.05, 3.63) is 83.6 Å². The van der Waals surface area contributed by atoms with Gasteiger partial charge in [-0.05, 0) is 62.2 Å². The first-order valence-corrected chi connectivity index (χ1v) is 10.7. The van der Waals surface area contributed by atoms with Gasteiger partial charge in [-0.2, -0.15) is 0 Å². The molecule has 0 atom stereocenters. The minimum Gasteiger partial charge on any atom is -0.497 e. The predicted octanol–water partition coefficient (Wildman–Crippen LogP) is 6.78. The van der Waals surface area contributed by atoms with Crippen molar-refractivity contribution in [2.45, 2.75) is 20.8 Å². The van der Waals surface area contributed by atoms with Gasteiger partial charge in [-0.1, -0.05) is 29.8 Å². The van der Waals surface area contributed by atoms with Gasteiger partial charge >= 0.3 is 0 Å². The predicted molar refractivity (Wildman–Crippen MR) is 133 cm³/mol. The number of fused-ring (bicyclic) bond motifs is 1. The minimum atomic E-state index is -0.198. The summed E-state index contributed by atoms with van der Waals surface area (Å²) in [7, 11) is 3.28. The maximum atomic E-state index is 12.7. The third-order valence-electron chi connectivity index (χ3n) is 5.72. The number of hydrogen-bond donors (Lipinski definition) is 1. The van der Waals surface area contributed by atoms with E-state index in [-0.39, 0.29) is 5.91 Å². The molecule has 0 spiro atoms. The molecule has 5 heteroatoms. The Hall–Kier alpha value is -3.99. The van der Waals surface area contributed by atoms with Gasteiger partial charge in [0.25, 0.3) is 0 Å². The van der Waals surface area contributed by atoms with Crippen LogP contribution in [0.4, 0.5) is 5.69 Å². The Balaban J connectivity index is 1.76. The number of hydrogen-bond acceptors (Lipinski definition) is 4. The van der Waals surface area contributed by atoms with Gasteiger partial charge in [0.1, 0.15) is 17.1 Å². The van der Waals surface area contributed by atoms with E-state index in [1.807, 2.05) is 75.4 Å². The van der Waals surface area contributed by atoms with Crippen LogP contribution in [0.5, 0.6) is 11.5 Å². The molecule has 0 saturated carbocycles. The van der Waals surface area contributed by atoms with E-state index >= 15 is 0 Å². The van der Waals surface area contributed by atoms with Crippen molar-refractivity contribution in [3.63, 3.8) is 0 Å². The molecule has 0 radical (unpaired) electrons. The highest BCUT2D eigenvalue weighted by Crippen LogP contribution is 2.41. The standard InChI is InChI=1S/C28H27NO4/c1-17-9-11-21(12-10-17)29-26(30)13-18(2)23-15-24-25(20-7-6-8-22(14-20)31-4)16-33-28(24)19(3)27(23)32-5/h6-16H,1-5H3,(H,29,30)/b18-13+. The van der Waals surface area contributed by atoms with Crippen molar-refractivity contribution in [1.29, 1.82) is 0 Å². The third-order valence-corrected chi connectivity index (χ3v) is 5.72. The van der Waals surface area contributed by atoms with Crippen LogP contribution in [0.2, 0.25) is 0 Å². The quantitative estimate of drug-likeness (QED) is 0.335. The molecule has 3 aromatic carbocycles. The molecule has 0 aliphatic rings. The van der Waals surface area contributed by atoms with Crippen molar-refractivity contribution in [2.24, 2.45) is 0 Å². The minimum absolute atomic E-state index is 0.198. The fourth-order valence-electron chi connectivity index (χ4n) is 3.98. The average Bonchev–Trinajstić information content (AvgIpc) is 3.25. The van der Waals surface area contributed by atoms with Crippen molar-refractivity contribution >= 4 is 28.1 Å². The van der Waals surface area contributed by atoms with Gasteiger partial charge in [0.05, 0.1) is 20.5 Å². The first-order valence-electron chi connectivity index (χ1n) is 10.7. The van der Waals surface area contributed by atoms with Gasteiger partial charge < -0.3 is 19.2 Å². The fourth-order valence-corrected chi connectivity index (χ4v) is 3.98. The molecule has 1 heterocycles. The molecule has 33 heavy (non-hydrogen) atoms. The molecule has 1 aromatic heterocycles. The second kappa shape index (κ2) is 9.25. The first-order chi connectivity index (χ1) is 15.9. The van der Waals surface area contributed by atoms with Crippen LogP contribution in [0.1, 0.15) is 23.6 Å². The topological polar surface area (TPSA) is 60.7 Å². The number of carbonyl (C=O) groups excluding carboxylic acids is 1. The maximum absolute atomic E-state index is 12.7. The molecule has 1 N–H and O–H groups in total. The number of amides is 1. The Bertz CT molecular complexity index is 1350. The molecule has 5 nitrogen and oxygen atoms in total. The highest BCUT2D eigenvalue weighted by molar-refractivity contribution is 6.06. The van der Waals surface area contributed by atoms with E-state index in [9.17, 15) is 4.79 Å². The van der Waals surface area contributed by atoms with Crippen LogP contribution in [0.3, 0.4) is 0 Å². The number of aryl methyl sites for hydroxylation is 2. The van der Waals surface area contributed by atoms with Crippen LogP contribution in [-0.2, 0) is 4.79 Å². The van der Waals surface area contributed by atoms with Gasteiger partial charge in [-0.15, -0.1) is 0 Å². The molecular formula is C28H27NO4. The summed E-state index contributed by atoms with van der Waals surface area (Å²) in [5.41, 5.74) is 7.10. The number of anilines is 1. The lowest BCUT2D eigenvalue weighted by atomic mass is 9.96. The number of nitrogens with one attached hydrogen (secondary N) is 1. The van der Waals surface area contributed by atoms with Gasteiger partial charge in [0, 0.05) is 33.8 Å². The van der Waals surface area contributed by atoms with E-state index in [0.717, 1.165) is 55.8 Å². The Labute approximate surface area is 193 Å². The lowest BCUT2D eigenvalue weighted by Gasteiger charge is -2.13. The van der Waals surface area contributed by atoms with Crippen LogP contribution in [0.15, 0.2) is 71.4 Å². The number of carbonyl (C=O) groups is 1. The number of rotatable bonds is 6. The Morgan fingerprint density at radius 1 is 1.00 bits per heavy atom. The summed E-state index contributed by atoms with van der Waals surface area (Å²) in [5, 5.41) is 3.86. The zero-order chi connectivity index (χ0) is 23.5. The van der Waals surface area contributed by atoms with Crippen molar-refractivity contribution in [3.8, 4) is 22.6 Å². The average molecular weight is 442 g/mol. The number of ether oxygens (including phenoxy) is 2. The summed E-state index contributed by atoms with van der Waals surface area (Å²) in [6.45, 7) is 5.88. The second-order valence-electron chi connectivity index (χ2n) is 8.02. The number of furan rings is 1. The molecule has 0 saturated heterocycles. The monoisotopic (exact) mass is 441 g/mol. The molecule has 4 aromatic rings. The molecule has 0 unspecified atom stereocenters. The van der Waals surface area contributed by atoms with Crippen molar-refractivity contribution < 1.29 is 18.7 Å². The largest absolute Gasteiger partial charge is 0.497 e. The highest BCUT2D eigenvalue weighted by atomic mass is 16.5. The molecule has 4 rings (SSSR count). The molecule has 168 valence electrons.